The third-order valence-corrected chi connectivity index (χ3v) is 3.92. The molecule has 1 atom stereocenters. The van der Waals surface area contributed by atoms with Crippen LogP contribution in [-0.4, -0.2) is 17.9 Å². The highest BCUT2D eigenvalue weighted by molar-refractivity contribution is 5.96. The Morgan fingerprint density at radius 3 is 2.08 bits per heavy atom. The zero-order valence-corrected chi connectivity index (χ0v) is 13.6. The van der Waals surface area contributed by atoms with Crippen molar-refractivity contribution in [2.45, 2.75) is 25.8 Å². The molecule has 3 rings (SSSR count). The molecule has 1 aliphatic rings. The summed E-state index contributed by atoms with van der Waals surface area (Å²) in [5.41, 5.74) is 2.38. The molecule has 2 aromatic rings. The van der Waals surface area contributed by atoms with Crippen molar-refractivity contribution in [1.82, 2.24) is 0 Å². The van der Waals surface area contributed by atoms with Gasteiger partial charge in [0.15, 0.2) is 0 Å². The molecule has 0 spiro atoms. The number of para-hydroxylation sites is 1. The van der Waals surface area contributed by atoms with Crippen molar-refractivity contribution in [3.63, 3.8) is 0 Å². The second-order valence-electron chi connectivity index (χ2n) is 6.06. The van der Waals surface area contributed by atoms with Crippen molar-refractivity contribution in [2.24, 2.45) is 5.92 Å². The summed E-state index contributed by atoms with van der Waals surface area (Å²) >= 11 is 0. The average Bonchev–Trinajstić information content (AvgIpc) is 3.42. The molecule has 0 saturated heterocycles. The van der Waals surface area contributed by atoms with Gasteiger partial charge in [-0.15, -0.1) is 0 Å². The summed E-state index contributed by atoms with van der Waals surface area (Å²) in [6, 6.07) is 16.4. The monoisotopic (exact) mass is 323 g/mol. The van der Waals surface area contributed by atoms with Gasteiger partial charge in [0.1, 0.15) is 6.04 Å². The fourth-order valence-electron chi connectivity index (χ4n) is 2.33. The molecule has 0 bridgehead atoms. The van der Waals surface area contributed by atoms with Crippen LogP contribution in [0.1, 0.15) is 19.8 Å². The first-order valence-electron chi connectivity index (χ1n) is 8.15. The molecule has 0 aliphatic heterocycles. The van der Waals surface area contributed by atoms with Gasteiger partial charge in [-0.3, -0.25) is 9.59 Å². The molecular weight excluding hydrogens is 302 g/mol. The highest BCUT2D eigenvalue weighted by Crippen LogP contribution is 2.30. The van der Waals surface area contributed by atoms with E-state index in [4.69, 9.17) is 0 Å². The zero-order chi connectivity index (χ0) is 16.9. The summed E-state index contributed by atoms with van der Waals surface area (Å²) in [5, 5.41) is 8.91. The summed E-state index contributed by atoms with van der Waals surface area (Å²) < 4.78 is 0. The van der Waals surface area contributed by atoms with E-state index in [0.717, 1.165) is 29.9 Å². The van der Waals surface area contributed by atoms with E-state index in [-0.39, 0.29) is 23.8 Å². The van der Waals surface area contributed by atoms with Crippen molar-refractivity contribution in [1.29, 1.82) is 0 Å². The van der Waals surface area contributed by atoms with Crippen molar-refractivity contribution < 1.29 is 9.59 Å². The Bertz CT molecular complexity index is 709. The second-order valence-corrected chi connectivity index (χ2v) is 6.06. The smallest absolute Gasteiger partial charge is 0.246 e. The highest BCUT2D eigenvalue weighted by Gasteiger charge is 2.29. The maximum absolute atomic E-state index is 12.2. The first kappa shape index (κ1) is 16.1. The molecule has 2 aromatic carbocycles. The van der Waals surface area contributed by atoms with E-state index in [1.54, 1.807) is 6.92 Å². The Morgan fingerprint density at radius 2 is 1.46 bits per heavy atom. The van der Waals surface area contributed by atoms with E-state index < -0.39 is 0 Å². The molecule has 0 heterocycles. The van der Waals surface area contributed by atoms with Crippen LogP contribution in [0, 0.1) is 5.92 Å². The first-order chi connectivity index (χ1) is 11.6. The molecular formula is C19H21N3O2. The summed E-state index contributed by atoms with van der Waals surface area (Å²) in [6.07, 6.45) is 1.97. The lowest BCUT2D eigenvalue weighted by Gasteiger charge is -2.15. The molecule has 1 aliphatic carbocycles. The largest absolute Gasteiger partial charge is 0.374 e. The zero-order valence-electron chi connectivity index (χ0n) is 13.6. The Labute approximate surface area is 141 Å². The van der Waals surface area contributed by atoms with Crippen molar-refractivity contribution in [3.8, 4) is 0 Å². The van der Waals surface area contributed by atoms with E-state index in [1.807, 2.05) is 54.6 Å². The topological polar surface area (TPSA) is 70.2 Å². The normalized spacial score (nSPS) is 14.5. The fourth-order valence-corrected chi connectivity index (χ4v) is 2.33. The molecule has 2 amide bonds. The molecule has 5 heteroatoms. The third kappa shape index (κ3) is 4.35. The molecule has 0 radical (unpaired) electrons. The van der Waals surface area contributed by atoms with Crippen LogP contribution in [-0.2, 0) is 9.59 Å². The van der Waals surface area contributed by atoms with Crippen LogP contribution in [0.3, 0.4) is 0 Å². The maximum atomic E-state index is 12.2. The molecule has 1 saturated carbocycles. The minimum atomic E-state index is -0.378. The SMILES string of the molecule is CC(Nc1ccc(NC(=O)C2CC2)cc1)C(=O)Nc1ccccc1. The predicted octanol–water partition coefficient (Wildman–Crippen LogP) is 3.47. The molecule has 124 valence electrons. The number of carbonyl (C=O) groups excluding carboxylic acids is 2. The van der Waals surface area contributed by atoms with Gasteiger partial charge in [-0.25, -0.2) is 0 Å². The van der Waals surface area contributed by atoms with Gasteiger partial charge < -0.3 is 16.0 Å². The molecule has 0 aromatic heterocycles. The first-order valence-corrected chi connectivity index (χ1v) is 8.15. The number of carbonyl (C=O) groups is 2. The number of amides is 2. The predicted molar refractivity (Wildman–Crippen MR) is 96.0 cm³/mol. The Morgan fingerprint density at radius 1 is 0.875 bits per heavy atom. The van der Waals surface area contributed by atoms with E-state index in [0.29, 0.717) is 0 Å². The third-order valence-electron chi connectivity index (χ3n) is 3.92. The standard InChI is InChI=1S/C19H21N3O2/c1-13(18(23)21-15-5-3-2-4-6-15)20-16-9-11-17(12-10-16)22-19(24)14-7-8-14/h2-6,9-14,20H,7-8H2,1H3,(H,21,23)(H,22,24). The van der Waals surface area contributed by atoms with Gasteiger partial charge in [0.05, 0.1) is 0 Å². The fraction of sp³-hybridized carbons (Fsp3) is 0.263. The minimum Gasteiger partial charge on any atom is -0.374 e. The lowest BCUT2D eigenvalue weighted by molar-refractivity contribution is -0.117. The minimum absolute atomic E-state index is 0.0892. The van der Waals surface area contributed by atoms with Gasteiger partial charge in [0.25, 0.3) is 0 Å². The number of anilines is 3. The number of hydrogen-bond donors (Lipinski definition) is 3. The van der Waals surface area contributed by atoms with Gasteiger partial charge in [-0.2, -0.15) is 0 Å². The Balaban J connectivity index is 1.52. The second kappa shape index (κ2) is 7.17. The Hall–Kier alpha value is -2.82. The average molecular weight is 323 g/mol. The van der Waals surface area contributed by atoms with Gasteiger partial charge in [-0.1, -0.05) is 18.2 Å². The Kier molecular flexibility index (Phi) is 4.79. The number of benzene rings is 2. The summed E-state index contributed by atoms with van der Waals surface area (Å²) in [4.78, 5) is 23.9. The number of nitrogens with one attached hydrogen (secondary N) is 3. The maximum Gasteiger partial charge on any atom is 0.246 e. The van der Waals surface area contributed by atoms with E-state index in [2.05, 4.69) is 16.0 Å². The van der Waals surface area contributed by atoms with Crippen LogP contribution in [0.4, 0.5) is 17.1 Å². The van der Waals surface area contributed by atoms with Crippen molar-refractivity contribution >= 4 is 28.9 Å². The number of hydrogen-bond acceptors (Lipinski definition) is 3. The van der Waals surface area contributed by atoms with Crippen LogP contribution in [0.2, 0.25) is 0 Å². The quantitative estimate of drug-likeness (QED) is 0.762. The van der Waals surface area contributed by atoms with Crippen LogP contribution in [0.15, 0.2) is 54.6 Å². The van der Waals surface area contributed by atoms with Gasteiger partial charge >= 0.3 is 0 Å². The van der Waals surface area contributed by atoms with E-state index in [1.165, 1.54) is 0 Å². The number of rotatable bonds is 6. The van der Waals surface area contributed by atoms with E-state index in [9.17, 15) is 9.59 Å². The van der Waals surface area contributed by atoms with Gasteiger partial charge in [0, 0.05) is 23.0 Å². The van der Waals surface area contributed by atoms with Crippen molar-refractivity contribution in [2.75, 3.05) is 16.0 Å². The van der Waals surface area contributed by atoms with Crippen LogP contribution >= 0.6 is 0 Å². The van der Waals surface area contributed by atoms with Crippen molar-refractivity contribution in [3.05, 3.63) is 54.6 Å². The lowest BCUT2D eigenvalue weighted by atomic mass is 10.2. The van der Waals surface area contributed by atoms with Crippen LogP contribution in [0.25, 0.3) is 0 Å². The lowest BCUT2D eigenvalue weighted by Crippen LogP contribution is -2.31. The molecule has 24 heavy (non-hydrogen) atoms. The molecule has 1 fully saturated rings. The van der Waals surface area contributed by atoms with Crippen LogP contribution < -0.4 is 16.0 Å². The summed E-state index contributed by atoms with van der Waals surface area (Å²) in [6.45, 7) is 1.81. The van der Waals surface area contributed by atoms with Gasteiger partial charge in [-0.05, 0) is 56.2 Å². The molecule has 5 nitrogen and oxygen atoms in total. The summed E-state index contributed by atoms with van der Waals surface area (Å²) in [5.74, 6) is 0.170. The van der Waals surface area contributed by atoms with E-state index >= 15 is 0 Å². The highest BCUT2D eigenvalue weighted by atomic mass is 16.2. The molecule has 3 N–H and O–H groups in total. The van der Waals surface area contributed by atoms with Gasteiger partial charge in [0.2, 0.25) is 11.8 Å². The summed E-state index contributed by atoms with van der Waals surface area (Å²) in [7, 11) is 0. The van der Waals surface area contributed by atoms with Crippen LogP contribution in [0.5, 0.6) is 0 Å². The molecule has 1 unspecified atom stereocenters.